The SMILES string of the molecule is [CaH2].[O]=[Ni][OH]. The Morgan fingerprint density at radius 2 is 1.75 bits per heavy atom. The van der Waals surface area contributed by atoms with E-state index < -0.39 is 14.7 Å². The third kappa shape index (κ3) is 9.69. The molecule has 0 spiro atoms. The summed E-state index contributed by atoms with van der Waals surface area (Å²) in [6, 6.07) is 0. The summed E-state index contributed by atoms with van der Waals surface area (Å²) in [6.45, 7) is 0. The van der Waals surface area contributed by atoms with Gasteiger partial charge < -0.3 is 0 Å². The molecule has 2 nitrogen and oxygen atoms in total. The van der Waals surface area contributed by atoms with Crippen LogP contribution in [0.4, 0.5) is 0 Å². The Kier molecular flexibility index (Phi) is 20.1. The van der Waals surface area contributed by atoms with Gasteiger partial charge in [-0.25, -0.2) is 0 Å². The summed E-state index contributed by atoms with van der Waals surface area (Å²) in [7, 11) is 0. The Morgan fingerprint density at radius 1 is 1.75 bits per heavy atom. The van der Waals surface area contributed by atoms with Gasteiger partial charge in [0.1, 0.15) is 0 Å². The molecule has 0 saturated carbocycles. The van der Waals surface area contributed by atoms with Crippen molar-refractivity contribution < 1.29 is 22.8 Å². The zero-order chi connectivity index (χ0) is 2.71. The summed E-state index contributed by atoms with van der Waals surface area (Å²) in [4.78, 5) is 0. The van der Waals surface area contributed by atoms with Crippen molar-refractivity contribution in [2.45, 2.75) is 0 Å². The first-order chi connectivity index (χ1) is 1.41. The number of hydrogen-bond acceptors (Lipinski definition) is 1. The van der Waals surface area contributed by atoms with Crippen molar-refractivity contribution in [2.24, 2.45) is 0 Å². The van der Waals surface area contributed by atoms with Gasteiger partial charge in [0.15, 0.2) is 0 Å². The fourth-order valence-corrected chi connectivity index (χ4v) is 0. The molecule has 27 valence electrons. The van der Waals surface area contributed by atoms with Crippen LogP contribution in [0.3, 0.4) is 0 Å². The van der Waals surface area contributed by atoms with Crippen LogP contribution in [0, 0.1) is 0 Å². The second kappa shape index (κ2) is 8.82. The van der Waals surface area contributed by atoms with E-state index in [2.05, 4.69) is 0 Å². The monoisotopic (exact) mass is 133 g/mol. The van der Waals surface area contributed by atoms with E-state index >= 15 is 0 Å². The quantitative estimate of drug-likeness (QED) is 0.405. The first-order valence-electron chi connectivity index (χ1n) is 0.271. The normalized spacial score (nSPS) is 5.25. The molecule has 0 heterocycles. The average Bonchev–Trinajstić information content (AvgIpc) is 0.918. The maximum absolute atomic E-state index is 8.42. The van der Waals surface area contributed by atoms with Crippen LogP contribution in [-0.2, 0) is 18.6 Å². The Bertz CT molecular complexity index is 13.5. The zero-order valence-electron chi connectivity index (χ0n) is 1.17. The topological polar surface area (TPSA) is 37.3 Å². The minimum absolute atomic E-state index is 0. The predicted molar refractivity (Wildman–Crippen MR) is 11.4 cm³/mol. The average molecular weight is 134 g/mol. The molecule has 0 saturated heterocycles. The van der Waals surface area contributed by atoms with Crippen molar-refractivity contribution >= 4 is 37.7 Å². The molecule has 0 aromatic heterocycles. The molecule has 0 atom stereocenters. The van der Waals surface area contributed by atoms with E-state index in [0.29, 0.717) is 0 Å². The predicted octanol–water partition coefficient (Wildman–Crippen LogP) is -1.59. The van der Waals surface area contributed by atoms with Crippen LogP contribution >= 0.6 is 0 Å². The van der Waals surface area contributed by atoms with Crippen LogP contribution in [0.5, 0.6) is 0 Å². The van der Waals surface area contributed by atoms with E-state index in [1.54, 1.807) is 0 Å². The van der Waals surface area contributed by atoms with E-state index in [1.165, 1.54) is 0 Å². The molecule has 1 N–H and O–H groups in total. The molecular formula is H3CaNiO2. The van der Waals surface area contributed by atoms with E-state index in [-0.39, 0.29) is 37.7 Å². The maximum atomic E-state index is 8.42. The van der Waals surface area contributed by atoms with E-state index in [1.807, 2.05) is 0 Å². The van der Waals surface area contributed by atoms with Crippen molar-refractivity contribution in [3.8, 4) is 0 Å². The molecule has 0 amide bonds. The van der Waals surface area contributed by atoms with E-state index in [0.717, 1.165) is 0 Å². The van der Waals surface area contributed by atoms with Gasteiger partial charge in [0.25, 0.3) is 0 Å². The van der Waals surface area contributed by atoms with Crippen molar-refractivity contribution in [3.05, 3.63) is 0 Å². The van der Waals surface area contributed by atoms with Crippen molar-refractivity contribution in [1.29, 1.82) is 0 Å². The zero-order valence-corrected chi connectivity index (χ0v) is 2.16. The summed E-state index contributed by atoms with van der Waals surface area (Å²) in [5, 5.41) is 0. The van der Waals surface area contributed by atoms with Crippen LogP contribution in [0.15, 0.2) is 0 Å². The second-order valence-corrected chi connectivity index (χ2v) is 0.238. The van der Waals surface area contributed by atoms with Gasteiger partial charge in [0, 0.05) is 0 Å². The molecular weight excluding hydrogens is 131 g/mol. The fraction of sp³-hybridized carbons (Fsp3) is 0. The Labute approximate surface area is 59.9 Å². The molecule has 0 rings (SSSR count). The molecule has 0 aliphatic rings. The Morgan fingerprint density at radius 3 is 1.75 bits per heavy atom. The summed E-state index contributed by atoms with van der Waals surface area (Å²) in [5.41, 5.74) is 0. The Hall–Kier alpha value is 1.51. The molecule has 0 radical (unpaired) electrons. The van der Waals surface area contributed by atoms with Crippen LogP contribution in [0.2, 0.25) is 0 Å². The van der Waals surface area contributed by atoms with Gasteiger partial charge in [-0.3, -0.25) is 0 Å². The van der Waals surface area contributed by atoms with Gasteiger partial charge in [-0.05, 0) is 0 Å². The molecule has 4 heteroatoms. The van der Waals surface area contributed by atoms with Gasteiger partial charge in [0.2, 0.25) is 0 Å². The van der Waals surface area contributed by atoms with Gasteiger partial charge in [-0.15, -0.1) is 0 Å². The first-order valence-corrected chi connectivity index (χ1v) is 1.12. The summed E-state index contributed by atoms with van der Waals surface area (Å²) in [5.74, 6) is 0. The Balaban J connectivity index is 0. The summed E-state index contributed by atoms with van der Waals surface area (Å²) in [6.07, 6.45) is 0. The minimum atomic E-state index is -0.625. The number of rotatable bonds is 0. The second-order valence-electron chi connectivity index (χ2n) is 0.0577. The van der Waals surface area contributed by atoms with Gasteiger partial charge >= 0.3 is 60.6 Å². The van der Waals surface area contributed by atoms with Crippen molar-refractivity contribution in [3.63, 3.8) is 0 Å². The first kappa shape index (κ1) is 9.10. The molecule has 0 unspecified atom stereocenters. The van der Waals surface area contributed by atoms with Gasteiger partial charge in [-0.1, -0.05) is 0 Å². The van der Waals surface area contributed by atoms with Crippen molar-refractivity contribution in [1.82, 2.24) is 0 Å². The summed E-state index contributed by atoms with van der Waals surface area (Å²) >= 11 is -0.625. The molecule has 0 fully saturated rings. The van der Waals surface area contributed by atoms with Crippen molar-refractivity contribution in [2.75, 3.05) is 0 Å². The molecule has 4 heavy (non-hydrogen) atoms. The molecule has 0 bridgehead atoms. The standard InChI is InChI=1S/Ca.Ni.H2O.O.2H/h;;1H2;;;/q;+1;;;;/p-1. The van der Waals surface area contributed by atoms with Crippen LogP contribution < -0.4 is 0 Å². The molecule has 0 aromatic rings. The molecule has 0 aliphatic carbocycles. The fourth-order valence-electron chi connectivity index (χ4n) is 0. The van der Waals surface area contributed by atoms with Gasteiger partial charge in [0.05, 0.1) is 0 Å². The van der Waals surface area contributed by atoms with Crippen LogP contribution in [-0.4, -0.2) is 42.0 Å². The number of hydrogen-bond donors (Lipinski definition) is 1. The van der Waals surface area contributed by atoms with E-state index in [4.69, 9.17) is 8.15 Å². The van der Waals surface area contributed by atoms with Gasteiger partial charge in [-0.2, -0.15) is 0 Å². The van der Waals surface area contributed by atoms with Crippen LogP contribution in [0.25, 0.3) is 0 Å². The third-order valence-corrected chi connectivity index (χ3v) is 0. The molecule has 0 aliphatic heterocycles. The van der Waals surface area contributed by atoms with E-state index in [9.17, 15) is 0 Å². The van der Waals surface area contributed by atoms with Crippen LogP contribution in [0.1, 0.15) is 0 Å². The molecule has 0 aromatic carbocycles. The third-order valence-electron chi connectivity index (χ3n) is 0. The summed E-state index contributed by atoms with van der Waals surface area (Å²) < 4.78 is 15.4.